The molecular formula is C17H24ClN3O2. The number of hydrogen-bond donors (Lipinski definition) is 2. The third-order valence-electron chi connectivity index (χ3n) is 4.07. The van der Waals surface area contributed by atoms with Gasteiger partial charge in [-0.25, -0.2) is 0 Å². The lowest BCUT2D eigenvalue weighted by Crippen LogP contribution is -2.30. The smallest absolute Gasteiger partial charge is 0.228 e. The Morgan fingerprint density at radius 1 is 1.26 bits per heavy atom. The third kappa shape index (κ3) is 4.94. The van der Waals surface area contributed by atoms with Gasteiger partial charge in [0, 0.05) is 17.3 Å². The van der Waals surface area contributed by atoms with Crippen LogP contribution in [-0.4, -0.2) is 43.9 Å². The number of hydrogen-bond acceptors (Lipinski definition) is 3. The Morgan fingerprint density at radius 2 is 1.96 bits per heavy atom. The molecule has 2 atom stereocenters. The van der Waals surface area contributed by atoms with Gasteiger partial charge in [0.15, 0.2) is 0 Å². The number of rotatable bonds is 7. The van der Waals surface area contributed by atoms with Crippen molar-refractivity contribution in [2.75, 3.05) is 32.5 Å². The van der Waals surface area contributed by atoms with Crippen LogP contribution in [0.5, 0.6) is 0 Å². The summed E-state index contributed by atoms with van der Waals surface area (Å²) in [5.74, 6) is -0.563. The van der Waals surface area contributed by atoms with E-state index in [4.69, 9.17) is 11.6 Å². The first-order valence-corrected chi connectivity index (χ1v) is 8.26. The number of amides is 2. The first kappa shape index (κ1) is 17.8. The fourth-order valence-electron chi connectivity index (χ4n) is 2.48. The summed E-state index contributed by atoms with van der Waals surface area (Å²) in [6.07, 6.45) is 1.52. The molecule has 6 heteroatoms. The van der Waals surface area contributed by atoms with Gasteiger partial charge in [0.2, 0.25) is 11.8 Å². The van der Waals surface area contributed by atoms with Crippen molar-refractivity contribution in [2.45, 2.75) is 19.8 Å². The van der Waals surface area contributed by atoms with E-state index in [9.17, 15) is 9.59 Å². The minimum Gasteiger partial charge on any atom is -0.356 e. The Labute approximate surface area is 142 Å². The fraction of sp³-hybridized carbons (Fsp3) is 0.529. The predicted octanol–water partition coefficient (Wildman–Crippen LogP) is 2.29. The summed E-state index contributed by atoms with van der Waals surface area (Å²) >= 11 is 6.05. The highest BCUT2D eigenvalue weighted by Crippen LogP contribution is 2.39. The molecular weight excluding hydrogens is 314 g/mol. The number of carbonyl (C=O) groups is 2. The zero-order valence-electron chi connectivity index (χ0n) is 13.9. The van der Waals surface area contributed by atoms with Gasteiger partial charge in [0.1, 0.15) is 0 Å². The van der Waals surface area contributed by atoms with Crippen LogP contribution in [0.15, 0.2) is 18.2 Å². The molecule has 0 heterocycles. The summed E-state index contributed by atoms with van der Waals surface area (Å²) in [6, 6.07) is 5.40. The van der Waals surface area contributed by atoms with E-state index in [1.165, 1.54) is 0 Å². The zero-order valence-corrected chi connectivity index (χ0v) is 14.6. The number of nitrogens with zero attached hydrogens (tertiary/aromatic N) is 1. The maximum absolute atomic E-state index is 12.2. The minimum atomic E-state index is -0.234. The summed E-state index contributed by atoms with van der Waals surface area (Å²) in [7, 11) is 4.00. The molecule has 0 saturated heterocycles. The molecule has 23 heavy (non-hydrogen) atoms. The normalized spacial score (nSPS) is 19.5. The Bertz CT molecular complexity index is 589. The molecule has 2 amide bonds. The highest BCUT2D eigenvalue weighted by Gasteiger charge is 2.47. The van der Waals surface area contributed by atoms with Gasteiger partial charge < -0.3 is 15.5 Å². The lowest BCUT2D eigenvalue weighted by atomic mass is 10.2. The van der Waals surface area contributed by atoms with Crippen LogP contribution < -0.4 is 10.6 Å². The van der Waals surface area contributed by atoms with Crippen LogP contribution in [0.1, 0.15) is 18.4 Å². The quantitative estimate of drug-likeness (QED) is 0.750. The van der Waals surface area contributed by atoms with Crippen LogP contribution in [-0.2, 0) is 9.59 Å². The van der Waals surface area contributed by atoms with Gasteiger partial charge in [0.05, 0.1) is 11.8 Å². The van der Waals surface area contributed by atoms with Crippen LogP contribution in [0.25, 0.3) is 0 Å². The van der Waals surface area contributed by atoms with Crippen molar-refractivity contribution in [1.82, 2.24) is 10.2 Å². The predicted molar refractivity (Wildman–Crippen MR) is 92.6 cm³/mol. The number of halogens is 1. The molecule has 1 aromatic carbocycles. The molecule has 126 valence electrons. The number of nitrogens with one attached hydrogen (secondary N) is 2. The van der Waals surface area contributed by atoms with Crippen molar-refractivity contribution in [3.63, 3.8) is 0 Å². The highest BCUT2D eigenvalue weighted by atomic mass is 35.5. The van der Waals surface area contributed by atoms with E-state index in [1.54, 1.807) is 12.1 Å². The monoisotopic (exact) mass is 337 g/mol. The van der Waals surface area contributed by atoms with E-state index in [1.807, 2.05) is 27.1 Å². The maximum atomic E-state index is 12.2. The molecule has 1 aliphatic rings. The van der Waals surface area contributed by atoms with E-state index < -0.39 is 0 Å². The van der Waals surface area contributed by atoms with Crippen molar-refractivity contribution >= 4 is 29.1 Å². The Balaban J connectivity index is 1.78. The van der Waals surface area contributed by atoms with Gasteiger partial charge in [-0.1, -0.05) is 17.7 Å². The Hall–Kier alpha value is -1.59. The van der Waals surface area contributed by atoms with E-state index in [2.05, 4.69) is 15.5 Å². The molecule has 1 aliphatic carbocycles. The molecule has 0 spiro atoms. The van der Waals surface area contributed by atoms with Crippen LogP contribution in [0.2, 0.25) is 5.02 Å². The van der Waals surface area contributed by atoms with Crippen molar-refractivity contribution in [3.8, 4) is 0 Å². The van der Waals surface area contributed by atoms with Gasteiger partial charge in [-0.3, -0.25) is 9.59 Å². The highest BCUT2D eigenvalue weighted by molar-refractivity contribution is 6.31. The maximum Gasteiger partial charge on any atom is 0.228 e. The van der Waals surface area contributed by atoms with E-state index in [0.29, 0.717) is 23.7 Å². The van der Waals surface area contributed by atoms with Crippen LogP contribution in [0, 0.1) is 18.8 Å². The summed E-state index contributed by atoms with van der Waals surface area (Å²) in [4.78, 5) is 26.3. The second kappa shape index (κ2) is 7.79. The Morgan fingerprint density at radius 3 is 2.65 bits per heavy atom. The summed E-state index contributed by atoms with van der Waals surface area (Å²) in [6.45, 7) is 3.44. The molecule has 0 bridgehead atoms. The van der Waals surface area contributed by atoms with Crippen molar-refractivity contribution < 1.29 is 9.59 Å². The molecule has 1 saturated carbocycles. The van der Waals surface area contributed by atoms with Crippen LogP contribution in [0.3, 0.4) is 0 Å². The summed E-state index contributed by atoms with van der Waals surface area (Å²) in [5.41, 5.74) is 1.55. The van der Waals surface area contributed by atoms with Gasteiger partial charge in [-0.15, -0.1) is 0 Å². The topological polar surface area (TPSA) is 61.4 Å². The first-order chi connectivity index (χ1) is 10.9. The lowest BCUT2D eigenvalue weighted by molar-refractivity contribution is -0.125. The second-order valence-electron chi connectivity index (χ2n) is 6.30. The summed E-state index contributed by atoms with van der Waals surface area (Å²) < 4.78 is 0. The molecule has 5 nitrogen and oxygen atoms in total. The third-order valence-corrected chi connectivity index (χ3v) is 4.48. The summed E-state index contributed by atoms with van der Waals surface area (Å²) in [5, 5.41) is 6.39. The lowest BCUT2D eigenvalue weighted by Gasteiger charge is -2.10. The molecule has 0 aliphatic heterocycles. The molecule has 1 aromatic rings. The SMILES string of the molecule is Cc1c(Cl)cccc1NC(=O)C1CC1C(=O)NCCCN(C)C. The molecule has 0 aromatic heterocycles. The van der Waals surface area contributed by atoms with Gasteiger partial charge in [0.25, 0.3) is 0 Å². The number of anilines is 1. The average Bonchev–Trinajstić information content (AvgIpc) is 3.28. The molecule has 2 rings (SSSR count). The van der Waals surface area contributed by atoms with Gasteiger partial charge in [-0.2, -0.15) is 0 Å². The molecule has 1 fully saturated rings. The Kier molecular flexibility index (Phi) is 6.02. The van der Waals surface area contributed by atoms with Crippen LogP contribution >= 0.6 is 11.6 Å². The minimum absolute atomic E-state index is 0.0216. The molecule has 2 unspecified atom stereocenters. The fourth-order valence-corrected chi connectivity index (χ4v) is 2.66. The molecule has 0 radical (unpaired) electrons. The van der Waals surface area contributed by atoms with Gasteiger partial charge >= 0.3 is 0 Å². The standard InChI is InChI=1S/C17H24ClN3O2/c1-11-14(18)6-4-7-15(11)20-17(23)13-10-12(13)16(22)19-8-5-9-21(2)3/h4,6-7,12-13H,5,8-10H2,1-3H3,(H,19,22)(H,20,23). The molecule has 2 N–H and O–H groups in total. The van der Waals surface area contributed by atoms with Crippen LogP contribution in [0.4, 0.5) is 5.69 Å². The van der Waals surface area contributed by atoms with Gasteiger partial charge in [-0.05, 0) is 58.1 Å². The number of benzene rings is 1. The van der Waals surface area contributed by atoms with Crippen molar-refractivity contribution in [1.29, 1.82) is 0 Å². The average molecular weight is 338 g/mol. The zero-order chi connectivity index (χ0) is 17.0. The van der Waals surface area contributed by atoms with E-state index in [0.717, 1.165) is 18.5 Å². The van der Waals surface area contributed by atoms with E-state index in [-0.39, 0.29) is 23.7 Å². The number of carbonyl (C=O) groups excluding carboxylic acids is 2. The van der Waals surface area contributed by atoms with Crippen molar-refractivity contribution in [2.24, 2.45) is 11.8 Å². The van der Waals surface area contributed by atoms with E-state index >= 15 is 0 Å². The largest absolute Gasteiger partial charge is 0.356 e. The first-order valence-electron chi connectivity index (χ1n) is 7.88. The van der Waals surface area contributed by atoms with Crippen molar-refractivity contribution in [3.05, 3.63) is 28.8 Å². The second-order valence-corrected chi connectivity index (χ2v) is 6.71.